The third kappa shape index (κ3) is 3.51. The molecule has 0 saturated heterocycles. The van der Waals surface area contributed by atoms with Gasteiger partial charge in [0.05, 0.1) is 26.9 Å². The molecule has 0 saturated carbocycles. The Morgan fingerprint density at radius 2 is 1.65 bits per heavy atom. The molecule has 0 bridgehead atoms. The molecule has 0 unspecified atom stereocenters. The molecule has 0 fully saturated rings. The Kier molecular flexibility index (Phi) is 5.36. The topological polar surface area (TPSA) is 44.8 Å². The second-order valence-corrected chi connectivity index (χ2v) is 4.60. The van der Waals surface area contributed by atoms with Crippen molar-refractivity contribution >= 4 is 11.9 Å². The van der Waals surface area contributed by atoms with Gasteiger partial charge in [-0.2, -0.15) is 0 Å². The van der Waals surface area contributed by atoms with Gasteiger partial charge in [0.1, 0.15) is 5.82 Å². The van der Waals surface area contributed by atoms with Crippen molar-refractivity contribution in [3.63, 3.8) is 0 Å². The average Bonchev–Trinajstić information content (AvgIpc) is 2.58. The molecule has 2 aromatic carbocycles. The zero-order valence-corrected chi connectivity index (χ0v) is 13.1. The van der Waals surface area contributed by atoms with Crippen molar-refractivity contribution in [1.82, 2.24) is 0 Å². The van der Waals surface area contributed by atoms with Crippen LogP contribution in [0.3, 0.4) is 0 Å². The van der Waals surface area contributed by atoms with Gasteiger partial charge in [-0.15, -0.1) is 0 Å². The van der Waals surface area contributed by atoms with Gasteiger partial charge in [-0.1, -0.05) is 12.1 Å². The highest BCUT2D eigenvalue weighted by Crippen LogP contribution is 2.40. The second kappa shape index (κ2) is 7.45. The van der Waals surface area contributed by atoms with E-state index in [1.165, 1.54) is 45.6 Å². The first-order valence-electron chi connectivity index (χ1n) is 6.88. The average molecular weight is 316 g/mol. The van der Waals surface area contributed by atoms with E-state index in [1.807, 2.05) is 0 Å². The highest BCUT2D eigenvalue weighted by atomic mass is 19.1. The number of ketones is 1. The summed E-state index contributed by atoms with van der Waals surface area (Å²) in [6.07, 6.45) is 2.84. The number of hydrogen-bond donors (Lipinski definition) is 0. The highest BCUT2D eigenvalue weighted by Gasteiger charge is 2.15. The minimum absolute atomic E-state index is 0.0168. The van der Waals surface area contributed by atoms with Crippen LogP contribution in [0.5, 0.6) is 17.2 Å². The minimum Gasteiger partial charge on any atom is -0.493 e. The van der Waals surface area contributed by atoms with Crippen molar-refractivity contribution in [2.45, 2.75) is 0 Å². The fourth-order valence-corrected chi connectivity index (χ4v) is 2.17. The molecule has 5 heteroatoms. The smallest absolute Gasteiger partial charge is 0.203 e. The Labute approximate surface area is 134 Å². The molecule has 23 heavy (non-hydrogen) atoms. The van der Waals surface area contributed by atoms with Gasteiger partial charge in [-0.05, 0) is 36.4 Å². The number of carbonyl (C=O) groups excluding carboxylic acids is 1. The Morgan fingerprint density at radius 1 is 0.957 bits per heavy atom. The maximum absolute atomic E-state index is 13.6. The monoisotopic (exact) mass is 316 g/mol. The van der Waals surface area contributed by atoms with Crippen LogP contribution in [0.1, 0.15) is 15.9 Å². The lowest BCUT2D eigenvalue weighted by Gasteiger charge is -2.13. The number of benzene rings is 2. The van der Waals surface area contributed by atoms with E-state index in [-0.39, 0.29) is 5.56 Å². The van der Waals surface area contributed by atoms with Crippen molar-refractivity contribution in [2.75, 3.05) is 21.3 Å². The molecule has 0 spiro atoms. The molecular formula is C18H17FO4. The van der Waals surface area contributed by atoms with E-state index in [2.05, 4.69) is 0 Å². The van der Waals surface area contributed by atoms with E-state index in [1.54, 1.807) is 24.3 Å². The van der Waals surface area contributed by atoms with Gasteiger partial charge >= 0.3 is 0 Å². The molecule has 0 atom stereocenters. The summed E-state index contributed by atoms with van der Waals surface area (Å²) in [5.74, 6) is 0.392. The van der Waals surface area contributed by atoms with Crippen molar-refractivity contribution in [3.8, 4) is 17.2 Å². The highest BCUT2D eigenvalue weighted by molar-refractivity contribution is 6.07. The Balaban J connectivity index is 2.36. The molecule has 0 aromatic heterocycles. The molecule has 0 aliphatic carbocycles. The second-order valence-electron chi connectivity index (χ2n) is 4.60. The molecule has 2 aromatic rings. The molecule has 0 N–H and O–H groups in total. The van der Waals surface area contributed by atoms with Crippen molar-refractivity contribution in [2.24, 2.45) is 0 Å². The number of ether oxygens (including phenoxy) is 3. The van der Waals surface area contributed by atoms with Gasteiger partial charge in [0, 0.05) is 5.56 Å². The maximum Gasteiger partial charge on any atom is 0.203 e. The molecular weight excluding hydrogens is 299 g/mol. The Bertz CT molecular complexity index is 738. The van der Waals surface area contributed by atoms with Crippen LogP contribution in [0.4, 0.5) is 4.39 Å². The van der Waals surface area contributed by atoms with Gasteiger partial charge in [0.25, 0.3) is 0 Å². The predicted molar refractivity (Wildman–Crippen MR) is 85.9 cm³/mol. The van der Waals surface area contributed by atoms with Gasteiger partial charge in [0.2, 0.25) is 5.75 Å². The predicted octanol–water partition coefficient (Wildman–Crippen LogP) is 3.75. The zero-order valence-electron chi connectivity index (χ0n) is 13.1. The third-order valence-electron chi connectivity index (χ3n) is 3.29. The van der Waals surface area contributed by atoms with Crippen LogP contribution in [-0.2, 0) is 0 Å². The van der Waals surface area contributed by atoms with Crippen LogP contribution in [0.2, 0.25) is 0 Å². The van der Waals surface area contributed by atoms with E-state index in [0.29, 0.717) is 22.8 Å². The van der Waals surface area contributed by atoms with Crippen LogP contribution in [0, 0.1) is 5.82 Å². The summed E-state index contributed by atoms with van der Waals surface area (Å²) in [4.78, 5) is 12.1. The van der Waals surface area contributed by atoms with E-state index >= 15 is 0 Å². The molecule has 0 heterocycles. The summed E-state index contributed by atoms with van der Waals surface area (Å²) in [5, 5.41) is 0. The van der Waals surface area contributed by atoms with Crippen LogP contribution in [0.15, 0.2) is 42.5 Å². The molecule has 4 nitrogen and oxygen atoms in total. The number of halogens is 1. The van der Waals surface area contributed by atoms with Gasteiger partial charge < -0.3 is 14.2 Å². The summed E-state index contributed by atoms with van der Waals surface area (Å²) >= 11 is 0. The lowest BCUT2D eigenvalue weighted by molar-refractivity contribution is 0.104. The zero-order chi connectivity index (χ0) is 16.8. The lowest BCUT2D eigenvalue weighted by atomic mass is 10.1. The molecule has 120 valence electrons. The van der Waals surface area contributed by atoms with Crippen molar-refractivity contribution < 1.29 is 23.4 Å². The summed E-state index contributed by atoms with van der Waals surface area (Å²) in [7, 11) is 4.51. The van der Waals surface area contributed by atoms with Crippen LogP contribution in [-0.4, -0.2) is 27.1 Å². The summed E-state index contributed by atoms with van der Waals surface area (Å²) in [5.41, 5.74) is 0.637. The number of methoxy groups -OCH3 is 3. The van der Waals surface area contributed by atoms with Crippen molar-refractivity contribution in [1.29, 1.82) is 0 Å². The number of carbonyl (C=O) groups is 1. The van der Waals surface area contributed by atoms with Crippen LogP contribution in [0.25, 0.3) is 6.08 Å². The van der Waals surface area contributed by atoms with E-state index in [0.717, 1.165) is 0 Å². The standard InChI is InChI=1S/C18H17FO4/c1-21-16-11-9-12(17(22-2)18(16)23-3)8-10-15(20)13-6-4-5-7-14(13)19/h4-11H,1-3H3/b10-8+. The van der Waals surface area contributed by atoms with Gasteiger partial charge in [0.15, 0.2) is 17.3 Å². The maximum atomic E-state index is 13.6. The fourth-order valence-electron chi connectivity index (χ4n) is 2.17. The largest absolute Gasteiger partial charge is 0.493 e. The molecule has 0 radical (unpaired) electrons. The normalized spacial score (nSPS) is 10.6. The molecule has 0 aliphatic heterocycles. The molecule has 0 aliphatic rings. The SMILES string of the molecule is COc1ccc(/C=C/C(=O)c2ccccc2F)c(OC)c1OC. The lowest BCUT2D eigenvalue weighted by Crippen LogP contribution is -1.99. The number of rotatable bonds is 6. The molecule has 0 amide bonds. The van der Waals surface area contributed by atoms with Crippen molar-refractivity contribution in [3.05, 3.63) is 59.4 Å². The van der Waals surface area contributed by atoms with Crippen LogP contribution >= 0.6 is 0 Å². The number of allylic oxidation sites excluding steroid dienone is 1. The number of hydrogen-bond acceptors (Lipinski definition) is 4. The first kappa shape index (κ1) is 16.5. The summed E-state index contributed by atoms with van der Waals surface area (Å²) in [6, 6.07) is 9.26. The minimum atomic E-state index is -0.554. The summed E-state index contributed by atoms with van der Waals surface area (Å²) < 4.78 is 29.4. The van der Waals surface area contributed by atoms with E-state index < -0.39 is 11.6 Å². The summed E-state index contributed by atoms with van der Waals surface area (Å²) in [6.45, 7) is 0. The van der Waals surface area contributed by atoms with Crippen LogP contribution < -0.4 is 14.2 Å². The van der Waals surface area contributed by atoms with Gasteiger partial charge in [-0.3, -0.25) is 4.79 Å². The first-order valence-corrected chi connectivity index (χ1v) is 6.88. The quantitative estimate of drug-likeness (QED) is 0.601. The fraction of sp³-hybridized carbons (Fsp3) is 0.167. The van der Waals surface area contributed by atoms with E-state index in [9.17, 15) is 9.18 Å². The first-order chi connectivity index (χ1) is 11.1. The third-order valence-corrected chi connectivity index (χ3v) is 3.29. The Hall–Kier alpha value is -2.82. The Morgan fingerprint density at radius 3 is 2.26 bits per heavy atom. The van der Waals surface area contributed by atoms with Gasteiger partial charge in [-0.25, -0.2) is 4.39 Å². The molecule has 2 rings (SSSR count). The van der Waals surface area contributed by atoms with E-state index in [4.69, 9.17) is 14.2 Å².